The van der Waals surface area contributed by atoms with Gasteiger partial charge in [0.2, 0.25) is 0 Å². The van der Waals surface area contributed by atoms with E-state index in [1.165, 1.54) is 0 Å². The SMILES string of the molecule is CCc1c(C#N)c(SC(C)C2CCNCC2)nc(N(C)C)c1C#N. The molecule has 0 radical (unpaired) electrons. The summed E-state index contributed by atoms with van der Waals surface area (Å²) in [6.07, 6.45) is 2.98. The Morgan fingerprint density at radius 1 is 1.25 bits per heavy atom. The van der Waals surface area contributed by atoms with E-state index in [1.807, 2.05) is 25.9 Å². The third kappa shape index (κ3) is 3.83. The monoisotopic (exact) mass is 343 g/mol. The Morgan fingerprint density at radius 2 is 1.88 bits per heavy atom. The molecule has 1 aliphatic heterocycles. The Morgan fingerprint density at radius 3 is 2.38 bits per heavy atom. The highest BCUT2D eigenvalue weighted by Gasteiger charge is 2.25. The van der Waals surface area contributed by atoms with E-state index in [1.54, 1.807) is 11.8 Å². The number of nitrogens with zero attached hydrogens (tertiary/aromatic N) is 4. The number of nitriles is 2. The zero-order valence-electron chi connectivity index (χ0n) is 14.9. The first-order valence-electron chi connectivity index (χ1n) is 8.45. The fourth-order valence-corrected chi connectivity index (χ4v) is 4.42. The average Bonchev–Trinajstić information content (AvgIpc) is 2.60. The fraction of sp³-hybridized carbons (Fsp3) is 0.611. The van der Waals surface area contributed by atoms with Gasteiger partial charge < -0.3 is 10.2 Å². The van der Waals surface area contributed by atoms with Gasteiger partial charge in [0.15, 0.2) is 0 Å². The summed E-state index contributed by atoms with van der Waals surface area (Å²) in [4.78, 5) is 6.54. The van der Waals surface area contributed by atoms with Crippen molar-refractivity contribution in [3.63, 3.8) is 0 Å². The Balaban J connectivity index is 2.43. The molecule has 5 nitrogen and oxygen atoms in total. The minimum Gasteiger partial charge on any atom is -0.362 e. The first-order valence-corrected chi connectivity index (χ1v) is 9.33. The number of thioether (sulfide) groups is 1. The molecule has 1 unspecified atom stereocenters. The van der Waals surface area contributed by atoms with Crippen LogP contribution in [0.3, 0.4) is 0 Å². The van der Waals surface area contributed by atoms with Gasteiger partial charge in [0.1, 0.15) is 23.0 Å². The van der Waals surface area contributed by atoms with Crippen LogP contribution < -0.4 is 10.2 Å². The molecule has 1 aromatic rings. The summed E-state index contributed by atoms with van der Waals surface area (Å²) < 4.78 is 0. The molecule has 2 heterocycles. The lowest BCUT2D eigenvalue weighted by molar-refractivity contribution is 0.372. The van der Waals surface area contributed by atoms with Gasteiger partial charge in [-0.2, -0.15) is 10.5 Å². The van der Waals surface area contributed by atoms with E-state index in [-0.39, 0.29) is 0 Å². The van der Waals surface area contributed by atoms with Crippen molar-refractivity contribution in [2.75, 3.05) is 32.1 Å². The number of nitrogens with one attached hydrogen (secondary N) is 1. The molecule has 0 aromatic carbocycles. The zero-order chi connectivity index (χ0) is 17.7. The topological polar surface area (TPSA) is 75.7 Å². The maximum atomic E-state index is 9.67. The minimum atomic E-state index is 0.402. The standard InChI is InChI=1S/C18H25N5S/c1-5-14-15(10-19)17(23(3)4)22-18(16(14)11-20)24-12(2)13-6-8-21-9-7-13/h12-13,21H,5-9H2,1-4H3. The normalized spacial score (nSPS) is 16.2. The highest BCUT2D eigenvalue weighted by Crippen LogP contribution is 2.36. The molecule has 1 atom stereocenters. The molecular weight excluding hydrogens is 318 g/mol. The summed E-state index contributed by atoms with van der Waals surface area (Å²) in [5.74, 6) is 1.29. The zero-order valence-corrected chi connectivity index (χ0v) is 15.7. The molecule has 24 heavy (non-hydrogen) atoms. The highest BCUT2D eigenvalue weighted by molar-refractivity contribution is 7.99. The molecule has 128 valence electrons. The van der Waals surface area contributed by atoms with Crippen molar-refractivity contribution in [3.05, 3.63) is 16.7 Å². The van der Waals surface area contributed by atoms with Crippen molar-refractivity contribution in [3.8, 4) is 12.1 Å². The largest absolute Gasteiger partial charge is 0.362 e. The van der Waals surface area contributed by atoms with Crippen LogP contribution in [0.2, 0.25) is 0 Å². The van der Waals surface area contributed by atoms with Gasteiger partial charge in [0, 0.05) is 19.3 Å². The van der Waals surface area contributed by atoms with Gasteiger partial charge in [0.05, 0.1) is 11.1 Å². The molecule has 2 rings (SSSR count). The van der Waals surface area contributed by atoms with Gasteiger partial charge in [-0.05, 0) is 43.8 Å². The Hall–Kier alpha value is -1.76. The number of hydrogen-bond acceptors (Lipinski definition) is 6. The molecule has 1 aromatic heterocycles. The lowest BCUT2D eigenvalue weighted by atomic mass is 9.95. The quantitative estimate of drug-likeness (QED) is 0.829. The van der Waals surface area contributed by atoms with Crippen LogP contribution in [0, 0.1) is 28.6 Å². The van der Waals surface area contributed by atoms with Crippen molar-refractivity contribution in [2.45, 2.75) is 43.4 Å². The second kappa shape index (κ2) is 8.37. The average molecular weight is 344 g/mol. The van der Waals surface area contributed by atoms with Crippen molar-refractivity contribution in [1.29, 1.82) is 10.5 Å². The smallest absolute Gasteiger partial charge is 0.147 e. The van der Waals surface area contributed by atoms with Gasteiger partial charge in [0.25, 0.3) is 0 Å². The minimum absolute atomic E-state index is 0.402. The van der Waals surface area contributed by atoms with E-state index in [0.29, 0.717) is 34.5 Å². The van der Waals surface area contributed by atoms with Gasteiger partial charge in [-0.25, -0.2) is 4.98 Å². The van der Waals surface area contributed by atoms with Crippen molar-refractivity contribution in [1.82, 2.24) is 10.3 Å². The van der Waals surface area contributed by atoms with Crippen LogP contribution in [0.4, 0.5) is 5.82 Å². The summed E-state index contributed by atoms with van der Waals surface area (Å²) in [5.41, 5.74) is 1.92. The fourth-order valence-electron chi connectivity index (χ4n) is 3.18. The summed E-state index contributed by atoms with van der Waals surface area (Å²) in [5, 5.41) is 23.8. The summed E-state index contributed by atoms with van der Waals surface area (Å²) >= 11 is 1.68. The van der Waals surface area contributed by atoms with Gasteiger partial charge in [-0.1, -0.05) is 13.8 Å². The Labute approximate surface area is 149 Å². The molecule has 0 amide bonds. The van der Waals surface area contributed by atoms with Gasteiger partial charge in [-0.15, -0.1) is 11.8 Å². The third-order valence-electron chi connectivity index (χ3n) is 4.59. The van der Waals surface area contributed by atoms with Crippen molar-refractivity contribution < 1.29 is 0 Å². The number of anilines is 1. The molecule has 0 spiro atoms. The first-order chi connectivity index (χ1) is 11.5. The van der Waals surface area contributed by atoms with Crippen molar-refractivity contribution in [2.24, 2.45) is 5.92 Å². The second-order valence-electron chi connectivity index (χ2n) is 6.35. The molecular formula is C18H25N5S. The molecule has 0 bridgehead atoms. The van der Waals surface area contributed by atoms with Crippen LogP contribution in [0.25, 0.3) is 0 Å². The molecule has 1 N–H and O–H groups in total. The third-order valence-corrected chi connectivity index (χ3v) is 5.87. The Bertz CT molecular complexity index is 665. The summed E-state index contributed by atoms with van der Waals surface area (Å²) in [6, 6.07) is 4.54. The van der Waals surface area contributed by atoms with Crippen LogP contribution in [0.15, 0.2) is 5.03 Å². The molecule has 1 saturated heterocycles. The number of rotatable bonds is 5. The molecule has 1 fully saturated rings. The van der Waals surface area contributed by atoms with Crippen LogP contribution in [0.1, 0.15) is 43.4 Å². The molecule has 1 aliphatic rings. The molecule has 0 aliphatic carbocycles. The second-order valence-corrected chi connectivity index (χ2v) is 7.72. The number of piperidine rings is 1. The lowest BCUT2D eigenvalue weighted by Gasteiger charge is -2.28. The lowest BCUT2D eigenvalue weighted by Crippen LogP contribution is -2.31. The van der Waals surface area contributed by atoms with Crippen LogP contribution in [0.5, 0.6) is 0 Å². The number of hydrogen-bond donors (Lipinski definition) is 1. The van der Waals surface area contributed by atoms with Crippen LogP contribution in [-0.2, 0) is 6.42 Å². The predicted octanol–water partition coefficient (Wildman–Crippen LogP) is 2.93. The maximum Gasteiger partial charge on any atom is 0.147 e. The van der Waals surface area contributed by atoms with E-state index in [4.69, 9.17) is 0 Å². The summed E-state index contributed by atoms with van der Waals surface area (Å²) in [6.45, 7) is 6.33. The molecule has 0 saturated carbocycles. The molecule has 6 heteroatoms. The van der Waals surface area contributed by atoms with Crippen LogP contribution >= 0.6 is 11.8 Å². The Kier molecular flexibility index (Phi) is 6.48. The van der Waals surface area contributed by atoms with Crippen LogP contribution in [-0.4, -0.2) is 37.4 Å². The highest BCUT2D eigenvalue weighted by atomic mass is 32.2. The number of aromatic nitrogens is 1. The van der Waals surface area contributed by atoms with E-state index >= 15 is 0 Å². The summed E-state index contributed by atoms with van der Waals surface area (Å²) in [7, 11) is 3.78. The van der Waals surface area contributed by atoms with Gasteiger partial charge >= 0.3 is 0 Å². The van der Waals surface area contributed by atoms with Crippen molar-refractivity contribution >= 4 is 17.6 Å². The predicted molar refractivity (Wildman–Crippen MR) is 98.3 cm³/mol. The van der Waals surface area contributed by atoms with Gasteiger partial charge in [-0.3, -0.25) is 0 Å². The first kappa shape index (κ1) is 18.6. The maximum absolute atomic E-state index is 9.67. The van der Waals surface area contributed by atoms with E-state index in [0.717, 1.165) is 36.5 Å². The van der Waals surface area contributed by atoms with E-state index in [2.05, 4.69) is 29.4 Å². The number of pyridine rings is 1. The van der Waals surface area contributed by atoms with E-state index in [9.17, 15) is 10.5 Å². The van der Waals surface area contributed by atoms with E-state index < -0.39 is 0 Å².